The average molecular weight is 389 g/mol. The summed E-state index contributed by atoms with van der Waals surface area (Å²) in [5.41, 5.74) is -3.89. The maximum absolute atomic E-state index is 12.6. The lowest BCUT2D eigenvalue weighted by atomic mass is 10.1. The Kier molecular flexibility index (Phi) is 5.92. The quantitative estimate of drug-likeness (QED) is 0.721. The fourth-order valence-corrected chi connectivity index (χ4v) is 3.08. The summed E-state index contributed by atoms with van der Waals surface area (Å²) in [6, 6.07) is 2.69. The number of sulfonamides is 1. The third kappa shape index (κ3) is 4.59. The molecule has 1 aromatic rings. The maximum atomic E-state index is 12.6. The van der Waals surface area contributed by atoms with Crippen LogP contribution in [0.4, 0.5) is 18.9 Å². The molecule has 6 nitrogen and oxygen atoms in total. The van der Waals surface area contributed by atoms with Crippen molar-refractivity contribution >= 4 is 33.2 Å². The molecule has 0 aromatic heterocycles. The monoisotopic (exact) mass is 388 g/mol. The lowest BCUT2D eigenvalue weighted by Crippen LogP contribution is -2.52. The number of carbonyl (C=O) groups is 1. The van der Waals surface area contributed by atoms with Gasteiger partial charge in [0.15, 0.2) is 0 Å². The van der Waals surface area contributed by atoms with Gasteiger partial charge in [-0.25, -0.2) is 13.1 Å². The molecule has 3 N–H and O–H groups in total. The topological polar surface area (TPSA) is 95.5 Å². The van der Waals surface area contributed by atoms with Crippen LogP contribution in [0.15, 0.2) is 23.1 Å². The van der Waals surface area contributed by atoms with Gasteiger partial charge >= 0.3 is 6.18 Å². The molecule has 0 heterocycles. The van der Waals surface area contributed by atoms with Gasteiger partial charge in [0.2, 0.25) is 15.6 Å². The van der Waals surface area contributed by atoms with Gasteiger partial charge in [-0.05, 0) is 39.0 Å². The van der Waals surface area contributed by atoms with Crippen LogP contribution in [-0.2, 0) is 14.8 Å². The first-order chi connectivity index (χ1) is 10.7. The number of carbonyl (C=O) groups excluding carboxylic acids is 1. The van der Waals surface area contributed by atoms with E-state index in [4.69, 9.17) is 11.6 Å². The number of alkyl halides is 3. The number of benzene rings is 1. The van der Waals surface area contributed by atoms with Gasteiger partial charge in [-0.15, -0.1) is 0 Å². The molecule has 1 atom stereocenters. The third-order valence-corrected chi connectivity index (χ3v) is 4.85. The molecule has 0 aliphatic heterocycles. The van der Waals surface area contributed by atoms with Crippen LogP contribution in [0, 0.1) is 0 Å². The predicted molar refractivity (Wildman–Crippen MR) is 82.2 cm³/mol. The van der Waals surface area contributed by atoms with Crippen molar-refractivity contribution < 1.29 is 31.5 Å². The van der Waals surface area contributed by atoms with E-state index in [-0.39, 0.29) is 21.6 Å². The summed E-state index contributed by atoms with van der Waals surface area (Å²) in [5.74, 6) is -1.74. The van der Waals surface area contributed by atoms with E-state index in [0.29, 0.717) is 6.92 Å². The van der Waals surface area contributed by atoms with E-state index in [1.165, 1.54) is 0 Å². The van der Waals surface area contributed by atoms with Crippen LogP contribution in [-0.4, -0.2) is 37.3 Å². The minimum atomic E-state index is -5.19. The van der Waals surface area contributed by atoms with Crippen molar-refractivity contribution in [3.05, 3.63) is 23.2 Å². The number of aliphatic hydroxyl groups is 1. The fourth-order valence-electron chi connectivity index (χ4n) is 1.52. The average Bonchev–Trinajstić information content (AvgIpc) is 2.37. The molecule has 0 aliphatic rings. The molecule has 24 heavy (non-hydrogen) atoms. The van der Waals surface area contributed by atoms with Crippen molar-refractivity contribution in [1.29, 1.82) is 0 Å². The van der Waals surface area contributed by atoms with Crippen LogP contribution in [0.5, 0.6) is 0 Å². The third-order valence-electron chi connectivity index (χ3n) is 2.88. The minimum Gasteiger partial charge on any atom is -0.373 e. The molecule has 0 radical (unpaired) electrons. The molecule has 0 spiro atoms. The van der Waals surface area contributed by atoms with E-state index in [1.54, 1.807) is 13.8 Å². The molecule has 0 fully saturated rings. The Balaban J connectivity index is 3.08. The molecule has 0 aliphatic carbocycles. The first kappa shape index (κ1) is 20.7. The van der Waals surface area contributed by atoms with E-state index in [2.05, 4.69) is 4.72 Å². The number of anilines is 1. The summed E-state index contributed by atoms with van der Waals surface area (Å²) in [5, 5.41) is 10.8. The van der Waals surface area contributed by atoms with Gasteiger partial charge in [-0.1, -0.05) is 11.6 Å². The lowest BCUT2D eigenvalue weighted by molar-refractivity contribution is -0.242. The fraction of sp³-hybridized carbons (Fsp3) is 0.462. The van der Waals surface area contributed by atoms with E-state index >= 15 is 0 Å². The second-order valence-corrected chi connectivity index (χ2v) is 7.56. The molecular formula is C13H16ClF3N2O4S. The number of halogens is 4. The summed E-state index contributed by atoms with van der Waals surface area (Å²) in [7, 11) is -3.86. The molecule has 1 unspecified atom stereocenters. The highest BCUT2D eigenvalue weighted by Crippen LogP contribution is 2.32. The minimum absolute atomic E-state index is 0.221. The standard InChI is InChI=1S/C13H16ClF3N2O4S/c1-7(2)19-24(22,23)8-4-5-10(9(14)6-8)18-11(20)12(3,21)13(15,16)17/h4-7,19,21H,1-3H3,(H,18,20). The zero-order chi connectivity index (χ0) is 18.9. The second kappa shape index (κ2) is 6.87. The smallest absolute Gasteiger partial charge is 0.373 e. The van der Waals surface area contributed by atoms with Crippen molar-refractivity contribution in [2.24, 2.45) is 0 Å². The van der Waals surface area contributed by atoms with Gasteiger partial charge in [0, 0.05) is 6.04 Å². The summed E-state index contributed by atoms with van der Waals surface area (Å²) >= 11 is 5.81. The van der Waals surface area contributed by atoms with E-state index in [0.717, 1.165) is 18.2 Å². The number of nitrogens with one attached hydrogen (secondary N) is 2. The second-order valence-electron chi connectivity index (χ2n) is 5.44. The van der Waals surface area contributed by atoms with Crippen molar-refractivity contribution in [3.8, 4) is 0 Å². The van der Waals surface area contributed by atoms with Crippen LogP contribution in [0.3, 0.4) is 0 Å². The van der Waals surface area contributed by atoms with Gasteiger partial charge in [-0.3, -0.25) is 4.79 Å². The zero-order valence-corrected chi connectivity index (χ0v) is 14.5. The van der Waals surface area contributed by atoms with E-state index < -0.39 is 27.7 Å². The van der Waals surface area contributed by atoms with Gasteiger partial charge in [0.05, 0.1) is 15.6 Å². The summed E-state index contributed by atoms with van der Waals surface area (Å²) < 4.78 is 64.0. The number of rotatable bonds is 5. The highest BCUT2D eigenvalue weighted by Gasteiger charge is 2.55. The molecule has 1 aromatic carbocycles. The van der Waals surface area contributed by atoms with E-state index in [9.17, 15) is 31.5 Å². The maximum Gasteiger partial charge on any atom is 0.426 e. The molecule has 11 heteroatoms. The molecule has 0 saturated carbocycles. The van der Waals surface area contributed by atoms with Crippen LogP contribution >= 0.6 is 11.6 Å². The Morgan fingerprint density at radius 2 is 1.83 bits per heavy atom. The zero-order valence-electron chi connectivity index (χ0n) is 12.9. The SMILES string of the molecule is CC(C)NS(=O)(=O)c1ccc(NC(=O)C(C)(O)C(F)(F)F)c(Cl)c1. The summed E-state index contributed by atoms with van der Waals surface area (Å²) in [6.45, 7) is 3.50. The molecule has 0 bridgehead atoms. The Hall–Kier alpha value is -1.36. The highest BCUT2D eigenvalue weighted by molar-refractivity contribution is 7.89. The van der Waals surface area contributed by atoms with Crippen molar-refractivity contribution in [2.45, 2.75) is 43.5 Å². The van der Waals surface area contributed by atoms with Gasteiger partial charge in [0.1, 0.15) is 0 Å². The molecule has 0 saturated heterocycles. The Labute approximate surface area is 142 Å². The Morgan fingerprint density at radius 1 is 1.29 bits per heavy atom. The van der Waals surface area contributed by atoms with Crippen LogP contribution < -0.4 is 10.0 Å². The Bertz CT molecular complexity index is 733. The predicted octanol–water partition coefficient (Wildman–Crippen LogP) is 2.28. The van der Waals surface area contributed by atoms with Crippen molar-refractivity contribution in [2.75, 3.05) is 5.32 Å². The van der Waals surface area contributed by atoms with Gasteiger partial charge in [-0.2, -0.15) is 13.2 Å². The largest absolute Gasteiger partial charge is 0.426 e. The van der Waals surface area contributed by atoms with E-state index in [1.807, 2.05) is 5.32 Å². The first-order valence-electron chi connectivity index (χ1n) is 6.61. The van der Waals surface area contributed by atoms with Crippen LogP contribution in [0.2, 0.25) is 5.02 Å². The Morgan fingerprint density at radius 3 is 2.25 bits per heavy atom. The van der Waals surface area contributed by atoms with Gasteiger partial charge in [0.25, 0.3) is 5.91 Å². The summed E-state index contributed by atoms with van der Waals surface area (Å²) in [4.78, 5) is 11.4. The number of amides is 1. The van der Waals surface area contributed by atoms with Gasteiger partial charge < -0.3 is 10.4 Å². The lowest BCUT2D eigenvalue weighted by Gasteiger charge is -2.25. The molecule has 136 valence electrons. The molecule has 1 rings (SSSR count). The first-order valence-corrected chi connectivity index (χ1v) is 8.47. The molecular weight excluding hydrogens is 373 g/mol. The van der Waals surface area contributed by atoms with Crippen molar-refractivity contribution in [1.82, 2.24) is 4.72 Å². The van der Waals surface area contributed by atoms with Crippen LogP contribution in [0.1, 0.15) is 20.8 Å². The van der Waals surface area contributed by atoms with Crippen molar-refractivity contribution in [3.63, 3.8) is 0 Å². The summed E-state index contributed by atoms with van der Waals surface area (Å²) in [6.07, 6.45) is -5.19. The highest BCUT2D eigenvalue weighted by atomic mass is 35.5. The van der Waals surface area contributed by atoms with Crippen LogP contribution in [0.25, 0.3) is 0 Å². The molecule has 1 amide bonds. The number of hydrogen-bond donors (Lipinski definition) is 3. The normalized spacial score (nSPS) is 15.2. The number of hydrogen-bond acceptors (Lipinski definition) is 4.